The lowest BCUT2D eigenvalue weighted by molar-refractivity contribution is -0.274. The minimum absolute atomic E-state index is 0.0738. The first kappa shape index (κ1) is 28.5. The van der Waals surface area contributed by atoms with Gasteiger partial charge < -0.3 is 28.9 Å². The molecule has 2 aromatic rings. The molecule has 1 aromatic heterocycles. The van der Waals surface area contributed by atoms with Crippen molar-refractivity contribution in [1.29, 1.82) is 0 Å². The molecule has 2 unspecified atom stereocenters. The summed E-state index contributed by atoms with van der Waals surface area (Å²) in [6.07, 6.45) is -5.42. The molecule has 39 heavy (non-hydrogen) atoms. The van der Waals surface area contributed by atoms with E-state index < -0.39 is 18.0 Å². The number of alkyl halides is 3. The Morgan fingerprint density at radius 2 is 1.72 bits per heavy atom. The summed E-state index contributed by atoms with van der Waals surface area (Å²) in [6, 6.07) is 5.43. The van der Waals surface area contributed by atoms with Crippen LogP contribution in [0.5, 0.6) is 5.75 Å². The predicted octanol–water partition coefficient (Wildman–Crippen LogP) is 4.27. The second kappa shape index (κ2) is 11.3. The third-order valence-corrected chi connectivity index (χ3v) is 6.76. The predicted molar refractivity (Wildman–Crippen MR) is 130 cm³/mol. The molecule has 2 fully saturated rings. The molecule has 2 aliphatic rings. The molecule has 214 valence electrons. The Hall–Kier alpha value is -3.55. The zero-order valence-electron chi connectivity index (χ0n) is 22.0. The number of rotatable bonds is 5. The van der Waals surface area contributed by atoms with E-state index in [0.717, 1.165) is 5.56 Å². The summed E-state index contributed by atoms with van der Waals surface area (Å²) in [5.74, 6) is -0.457. The normalized spacial score (nSPS) is 20.6. The van der Waals surface area contributed by atoms with Crippen LogP contribution in [0.4, 0.5) is 22.8 Å². The van der Waals surface area contributed by atoms with E-state index in [1.165, 1.54) is 17.0 Å². The van der Waals surface area contributed by atoms with Gasteiger partial charge in [-0.2, -0.15) is 4.98 Å². The first-order valence-electron chi connectivity index (χ1n) is 12.6. The maximum absolute atomic E-state index is 13.4. The van der Waals surface area contributed by atoms with Crippen LogP contribution in [0.25, 0.3) is 0 Å². The van der Waals surface area contributed by atoms with Crippen molar-refractivity contribution >= 4 is 12.1 Å². The van der Waals surface area contributed by atoms with E-state index in [-0.39, 0.29) is 41.9 Å². The van der Waals surface area contributed by atoms with E-state index in [1.807, 2.05) is 0 Å². The lowest BCUT2D eigenvalue weighted by atomic mass is 9.84. The van der Waals surface area contributed by atoms with Gasteiger partial charge in [-0.15, -0.1) is 13.2 Å². The highest BCUT2D eigenvalue weighted by molar-refractivity contribution is 5.75. The molecular formula is C25H32F3N5O6. The number of likely N-dealkylation sites (tertiary alicyclic amines) is 1. The number of hydrogen-bond donors (Lipinski definition) is 1. The third kappa shape index (κ3) is 7.31. The van der Waals surface area contributed by atoms with E-state index in [4.69, 9.17) is 9.26 Å². The standard InChI is InChI=1S/C25H32F3N5O6/c1-24(2,3)33(23(35)36)15-20-29-21(39-30-20)18-12-17(16-4-6-19(7-5-16)38-25(26,27)28)13-32(14-18)22(34)31-8-10-37-11-9-31/h4-7,17-18H,8-15H2,1-3H3,(H,35,36). The lowest BCUT2D eigenvalue weighted by Gasteiger charge is -2.40. The zero-order chi connectivity index (χ0) is 28.4. The number of urea groups is 1. The number of carbonyl (C=O) groups excluding carboxylic acids is 1. The molecule has 2 aliphatic heterocycles. The quantitative estimate of drug-likeness (QED) is 0.581. The fourth-order valence-corrected chi connectivity index (χ4v) is 4.80. The summed E-state index contributed by atoms with van der Waals surface area (Å²) in [4.78, 5) is 34.2. The summed E-state index contributed by atoms with van der Waals surface area (Å²) in [5.41, 5.74) is 0.0462. The van der Waals surface area contributed by atoms with Gasteiger partial charge in [0.05, 0.1) is 25.7 Å². The molecule has 0 bridgehead atoms. The monoisotopic (exact) mass is 555 g/mol. The number of halogens is 3. The molecule has 0 spiro atoms. The number of amides is 3. The zero-order valence-corrected chi connectivity index (χ0v) is 22.0. The van der Waals surface area contributed by atoms with Crippen LogP contribution < -0.4 is 4.74 Å². The van der Waals surface area contributed by atoms with Gasteiger partial charge in [-0.1, -0.05) is 17.3 Å². The summed E-state index contributed by atoms with van der Waals surface area (Å²) in [5, 5.41) is 13.6. The first-order chi connectivity index (χ1) is 18.3. The van der Waals surface area contributed by atoms with Gasteiger partial charge >= 0.3 is 18.5 Å². The van der Waals surface area contributed by atoms with E-state index in [1.54, 1.807) is 42.7 Å². The SMILES string of the molecule is CC(C)(C)N(Cc1noc(C2CC(c3ccc(OC(F)(F)F)cc3)CN(C(=O)N3CCOCC3)C2)n1)C(=O)O. The minimum Gasteiger partial charge on any atom is -0.465 e. The average molecular weight is 556 g/mol. The molecule has 2 saturated heterocycles. The second-order valence-electron chi connectivity index (χ2n) is 10.6. The molecule has 1 N–H and O–H groups in total. The van der Waals surface area contributed by atoms with Gasteiger partial charge in [-0.25, -0.2) is 9.59 Å². The van der Waals surface area contributed by atoms with Crippen LogP contribution in [0.2, 0.25) is 0 Å². The lowest BCUT2D eigenvalue weighted by Crippen LogP contribution is -2.52. The smallest absolute Gasteiger partial charge is 0.465 e. The number of nitrogens with zero attached hydrogens (tertiary/aromatic N) is 5. The molecule has 1 aromatic carbocycles. The first-order valence-corrected chi connectivity index (χ1v) is 12.6. The van der Waals surface area contributed by atoms with Crippen LogP contribution in [0, 0.1) is 0 Å². The highest BCUT2D eigenvalue weighted by Crippen LogP contribution is 2.37. The minimum atomic E-state index is -4.79. The van der Waals surface area contributed by atoms with Crippen molar-refractivity contribution < 1.29 is 41.9 Å². The van der Waals surface area contributed by atoms with Crippen LogP contribution in [-0.4, -0.2) is 93.4 Å². The molecule has 2 atom stereocenters. The van der Waals surface area contributed by atoms with Crippen molar-refractivity contribution in [3.05, 3.63) is 41.5 Å². The Bertz CT molecular complexity index is 1140. The largest absolute Gasteiger partial charge is 0.573 e. The van der Waals surface area contributed by atoms with Gasteiger partial charge in [0, 0.05) is 37.6 Å². The van der Waals surface area contributed by atoms with Crippen molar-refractivity contribution in [3.8, 4) is 5.75 Å². The Kier molecular flexibility index (Phi) is 8.23. The van der Waals surface area contributed by atoms with Crippen LogP contribution in [-0.2, 0) is 11.3 Å². The molecule has 0 radical (unpaired) electrons. The third-order valence-electron chi connectivity index (χ3n) is 6.76. The maximum atomic E-state index is 13.4. The Morgan fingerprint density at radius 1 is 1.08 bits per heavy atom. The summed E-state index contributed by atoms with van der Waals surface area (Å²) >= 11 is 0. The van der Waals surface area contributed by atoms with Crippen molar-refractivity contribution in [2.75, 3.05) is 39.4 Å². The molecule has 4 rings (SSSR count). The van der Waals surface area contributed by atoms with E-state index in [9.17, 15) is 27.9 Å². The van der Waals surface area contributed by atoms with Gasteiger partial charge in [0.1, 0.15) is 5.75 Å². The second-order valence-corrected chi connectivity index (χ2v) is 10.6. The van der Waals surface area contributed by atoms with Gasteiger partial charge in [-0.3, -0.25) is 4.90 Å². The summed E-state index contributed by atoms with van der Waals surface area (Å²) in [6.45, 7) is 7.64. The molecule has 3 amide bonds. The summed E-state index contributed by atoms with van der Waals surface area (Å²) < 4.78 is 52.7. The van der Waals surface area contributed by atoms with Crippen molar-refractivity contribution in [3.63, 3.8) is 0 Å². The maximum Gasteiger partial charge on any atom is 0.573 e. The number of ether oxygens (including phenoxy) is 2. The number of aromatic nitrogens is 2. The molecule has 11 nitrogen and oxygen atoms in total. The van der Waals surface area contributed by atoms with Crippen molar-refractivity contribution in [2.45, 2.75) is 57.5 Å². The van der Waals surface area contributed by atoms with Crippen LogP contribution in [0.3, 0.4) is 0 Å². The fourth-order valence-electron chi connectivity index (χ4n) is 4.80. The fraction of sp³-hybridized carbons (Fsp3) is 0.600. The van der Waals surface area contributed by atoms with Gasteiger partial charge in [0.2, 0.25) is 5.89 Å². The average Bonchev–Trinajstić information content (AvgIpc) is 3.35. The van der Waals surface area contributed by atoms with Crippen molar-refractivity contribution in [2.24, 2.45) is 0 Å². The number of hydrogen-bond acceptors (Lipinski definition) is 7. The molecular weight excluding hydrogens is 523 g/mol. The van der Waals surface area contributed by atoms with Crippen molar-refractivity contribution in [1.82, 2.24) is 24.8 Å². The number of morpholine rings is 1. The highest BCUT2D eigenvalue weighted by atomic mass is 19.4. The Morgan fingerprint density at radius 3 is 2.31 bits per heavy atom. The number of carboxylic acid groups (broad SMARTS) is 1. The number of benzene rings is 1. The van der Waals surface area contributed by atoms with Gasteiger partial charge in [0.15, 0.2) is 5.82 Å². The Balaban J connectivity index is 1.56. The molecule has 14 heteroatoms. The van der Waals surface area contributed by atoms with Gasteiger partial charge in [0.25, 0.3) is 0 Å². The highest BCUT2D eigenvalue weighted by Gasteiger charge is 2.37. The van der Waals surface area contributed by atoms with E-state index in [2.05, 4.69) is 14.9 Å². The van der Waals surface area contributed by atoms with Crippen LogP contribution in [0.15, 0.2) is 28.8 Å². The van der Waals surface area contributed by atoms with E-state index >= 15 is 0 Å². The molecule has 3 heterocycles. The van der Waals surface area contributed by atoms with E-state index in [0.29, 0.717) is 45.8 Å². The topological polar surface area (TPSA) is 121 Å². The van der Waals surface area contributed by atoms with Crippen LogP contribution in [0.1, 0.15) is 56.3 Å². The molecule has 0 saturated carbocycles. The van der Waals surface area contributed by atoms with Gasteiger partial charge in [-0.05, 0) is 44.9 Å². The number of piperidine rings is 1. The van der Waals surface area contributed by atoms with Crippen LogP contribution >= 0.6 is 0 Å². The Labute approximate surface area is 223 Å². The molecule has 0 aliphatic carbocycles. The summed E-state index contributed by atoms with van der Waals surface area (Å²) in [7, 11) is 0. The number of carbonyl (C=O) groups is 2.